The summed E-state index contributed by atoms with van der Waals surface area (Å²) in [6.45, 7) is -0.880. The topological polar surface area (TPSA) is 136 Å². The van der Waals surface area contributed by atoms with Gasteiger partial charge in [-0.2, -0.15) is 8.78 Å². The van der Waals surface area contributed by atoms with E-state index in [1.165, 1.54) is 0 Å². The summed E-state index contributed by atoms with van der Waals surface area (Å²) in [7, 11) is -6.21. The Morgan fingerprint density at radius 1 is 1.15 bits per heavy atom. The van der Waals surface area contributed by atoms with Crippen molar-refractivity contribution in [1.82, 2.24) is 0 Å². The van der Waals surface area contributed by atoms with Crippen LogP contribution >= 0.6 is 0 Å². The van der Waals surface area contributed by atoms with Gasteiger partial charge >= 0.3 is 23.2 Å². The Hall–Kier alpha value is -1.89. The highest BCUT2D eigenvalue weighted by Crippen LogP contribution is 2.55. The van der Waals surface area contributed by atoms with Crippen molar-refractivity contribution < 1.29 is 54.7 Å². The normalized spacial score (nSPS) is 36.4. The van der Waals surface area contributed by atoms with Crippen LogP contribution in [0.4, 0.5) is 13.2 Å². The molecule has 4 aliphatic rings. The minimum Gasteiger partial charge on any atom is -0.743 e. The standard InChI is InChI=1S/C20H25F3O9S/c21-14(20(22,23)33(27,28)29)5-6-30-17(24)10-3-1-2-4-11(10)18(25)31-15-9-7-12-13(8-9)19(26)32-16(12)15/h9-16H,1-8H2,(H,27,28,29)/p-1. The number of carbonyl (C=O) groups is 3. The average Bonchev–Trinajstić information content (AvgIpc) is 3.38. The molecule has 1 saturated heterocycles. The zero-order valence-corrected chi connectivity index (χ0v) is 18.3. The van der Waals surface area contributed by atoms with Gasteiger partial charge in [-0.05, 0) is 25.7 Å². The lowest BCUT2D eigenvalue weighted by Gasteiger charge is -2.32. The lowest BCUT2D eigenvalue weighted by molar-refractivity contribution is -0.173. The number of ether oxygens (including phenoxy) is 3. The number of alkyl halides is 3. The highest BCUT2D eigenvalue weighted by molar-refractivity contribution is 7.86. The van der Waals surface area contributed by atoms with E-state index >= 15 is 0 Å². The average molecular weight is 497 g/mol. The van der Waals surface area contributed by atoms with Crippen LogP contribution in [0.1, 0.15) is 44.9 Å². The molecule has 1 heterocycles. The van der Waals surface area contributed by atoms with Gasteiger partial charge < -0.3 is 18.8 Å². The molecule has 1 aliphatic heterocycles. The van der Waals surface area contributed by atoms with Crippen LogP contribution in [0.15, 0.2) is 0 Å². The van der Waals surface area contributed by atoms with Crippen molar-refractivity contribution in [3.05, 3.63) is 0 Å². The zero-order valence-electron chi connectivity index (χ0n) is 17.5. The molecule has 3 aliphatic carbocycles. The van der Waals surface area contributed by atoms with Crippen LogP contribution in [0.2, 0.25) is 0 Å². The summed E-state index contributed by atoms with van der Waals surface area (Å²) in [6, 6.07) is 0. The molecule has 4 fully saturated rings. The quantitative estimate of drug-likeness (QED) is 0.279. The van der Waals surface area contributed by atoms with E-state index in [2.05, 4.69) is 0 Å². The van der Waals surface area contributed by atoms with Crippen molar-refractivity contribution in [2.75, 3.05) is 6.61 Å². The molecular weight excluding hydrogens is 473 g/mol. The summed E-state index contributed by atoms with van der Waals surface area (Å²) in [5.41, 5.74) is 0. The summed E-state index contributed by atoms with van der Waals surface area (Å²) >= 11 is 0. The van der Waals surface area contributed by atoms with Crippen LogP contribution in [0, 0.1) is 29.6 Å². The molecule has 0 aromatic heterocycles. The van der Waals surface area contributed by atoms with E-state index in [4.69, 9.17) is 14.2 Å². The first-order valence-electron chi connectivity index (χ1n) is 11.0. The molecule has 0 radical (unpaired) electrons. The second kappa shape index (κ2) is 8.71. The van der Waals surface area contributed by atoms with Gasteiger partial charge in [0.1, 0.15) is 12.2 Å². The van der Waals surface area contributed by atoms with E-state index < -0.39 is 70.6 Å². The number of fused-ring (bicyclic) bond motifs is 1. The van der Waals surface area contributed by atoms with Crippen molar-refractivity contribution >= 4 is 28.0 Å². The maximum atomic E-state index is 13.5. The van der Waals surface area contributed by atoms with Crippen LogP contribution in [-0.4, -0.2) is 61.1 Å². The molecule has 186 valence electrons. The van der Waals surface area contributed by atoms with Crippen molar-refractivity contribution in [3.8, 4) is 0 Å². The second-order valence-electron chi connectivity index (χ2n) is 9.24. The molecule has 3 saturated carbocycles. The molecule has 2 bridgehead atoms. The second-order valence-corrected chi connectivity index (χ2v) is 10.7. The first-order chi connectivity index (χ1) is 15.4. The maximum Gasteiger partial charge on any atom is 0.364 e. The van der Waals surface area contributed by atoms with E-state index in [-0.39, 0.29) is 30.1 Å². The van der Waals surface area contributed by atoms with Crippen LogP contribution < -0.4 is 0 Å². The van der Waals surface area contributed by atoms with Crippen LogP contribution in [0.25, 0.3) is 0 Å². The Morgan fingerprint density at radius 2 is 1.79 bits per heavy atom. The van der Waals surface area contributed by atoms with E-state index in [0.717, 1.165) is 6.42 Å². The molecule has 0 spiro atoms. The molecule has 0 N–H and O–H groups in total. The first kappa shape index (κ1) is 24.2. The predicted molar refractivity (Wildman–Crippen MR) is 100 cm³/mol. The smallest absolute Gasteiger partial charge is 0.364 e. The lowest BCUT2D eigenvalue weighted by atomic mass is 9.79. The minimum atomic E-state index is -6.21. The van der Waals surface area contributed by atoms with Gasteiger partial charge in [-0.3, -0.25) is 14.4 Å². The van der Waals surface area contributed by atoms with Crippen molar-refractivity contribution in [2.24, 2.45) is 29.6 Å². The van der Waals surface area contributed by atoms with Gasteiger partial charge in [-0.1, -0.05) is 12.8 Å². The van der Waals surface area contributed by atoms with E-state index in [0.29, 0.717) is 25.7 Å². The molecule has 9 nitrogen and oxygen atoms in total. The van der Waals surface area contributed by atoms with E-state index in [1.54, 1.807) is 0 Å². The molecule has 0 amide bonds. The fourth-order valence-corrected chi connectivity index (χ4v) is 6.11. The summed E-state index contributed by atoms with van der Waals surface area (Å²) in [5, 5.41) is -5.14. The lowest BCUT2D eigenvalue weighted by Crippen LogP contribution is -2.41. The Morgan fingerprint density at radius 3 is 2.42 bits per heavy atom. The highest BCUT2D eigenvalue weighted by Gasteiger charge is 2.63. The monoisotopic (exact) mass is 497 g/mol. The van der Waals surface area contributed by atoms with Crippen molar-refractivity contribution in [1.29, 1.82) is 0 Å². The van der Waals surface area contributed by atoms with Crippen LogP contribution in [-0.2, 0) is 38.7 Å². The SMILES string of the molecule is O=C(OCCC(F)C(F)(F)S(=O)(=O)[O-])C1CCCCC1C(=O)OC1C2CC3C(=O)OC1C3C2. The highest BCUT2D eigenvalue weighted by atomic mass is 32.2. The first-order valence-corrected chi connectivity index (χ1v) is 12.4. The van der Waals surface area contributed by atoms with Gasteiger partial charge in [0.05, 0.1) is 24.4 Å². The Balaban J connectivity index is 1.32. The van der Waals surface area contributed by atoms with E-state index in [1.807, 2.05) is 0 Å². The third-order valence-corrected chi connectivity index (χ3v) is 8.27. The third-order valence-electron chi connectivity index (χ3n) is 7.35. The molecule has 0 aromatic carbocycles. The van der Waals surface area contributed by atoms with E-state index in [9.17, 15) is 40.5 Å². The van der Waals surface area contributed by atoms with Crippen molar-refractivity contribution in [2.45, 2.75) is 68.6 Å². The molecule has 13 heteroatoms. The molecule has 4 rings (SSSR count). The number of hydrogen-bond acceptors (Lipinski definition) is 9. The molecular formula is C20H24F3O9S-. The Labute approximate surface area is 188 Å². The number of esters is 3. The van der Waals surface area contributed by atoms with Crippen molar-refractivity contribution in [3.63, 3.8) is 0 Å². The fraction of sp³-hybridized carbons (Fsp3) is 0.850. The van der Waals surface area contributed by atoms with Gasteiger partial charge in [0.2, 0.25) is 0 Å². The Kier molecular flexibility index (Phi) is 6.40. The summed E-state index contributed by atoms with van der Waals surface area (Å²) in [5.74, 6) is -3.65. The number of carbonyl (C=O) groups excluding carboxylic acids is 3. The number of rotatable bonds is 8. The van der Waals surface area contributed by atoms with Crippen LogP contribution in [0.5, 0.6) is 0 Å². The van der Waals surface area contributed by atoms with Gasteiger partial charge in [0.25, 0.3) is 0 Å². The summed E-state index contributed by atoms with van der Waals surface area (Å²) < 4.78 is 87.3. The molecule has 33 heavy (non-hydrogen) atoms. The number of halogens is 3. The molecule has 0 aromatic rings. The van der Waals surface area contributed by atoms with Gasteiger partial charge in [-0.15, -0.1) is 0 Å². The Bertz CT molecular complexity index is 924. The third kappa shape index (κ3) is 4.33. The summed E-state index contributed by atoms with van der Waals surface area (Å²) in [4.78, 5) is 37.3. The van der Waals surface area contributed by atoms with Crippen LogP contribution in [0.3, 0.4) is 0 Å². The fourth-order valence-electron chi connectivity index (χ4n) is 5.68. The largest absolute Gasteiger partial charge is 0.743 e. The zero-order chi connectivity index (χ0) is 24.1. The maximum absolute atomic E-state index is 13.5. The van der Waals surface area contributed by atoms with Gasteiger partial charge in [0, 0.05) is 18.3 Å². The summed E-state index contributed by atoms with van der Waals surface area (Å²) in [6.07, 6.45) is -2.35. The number of hydrogen-bond donors (Lipinski definition) is 0. The molecule has 8 atom stereocenters. The molecule has 8 unspecified atom stereocenters. The predicted octanol–water partition coefficient (Wildman–Crippen LogP) is 1.70. The minimum absolute atomic E-state index is 0.0230. The van der Waals surface area contributed by atoms with Gasteiger partial charge in [0.15, 0.2) is 16.3 Å². The van der Waals surface area contributed by atoms with Gasteiger partial charge in [-0.25, -0.2) is 12.8 Å².